The molecular formula is C19H28N2O2. The van der Waals surface area contributed by atoms with Gasteiger partial charge in [0.15, 0.2) is 0 Å². The van der Waals surface area contributed by atoms with Crippen LogP contribution in [0.1, 0.15) is 52.6 Å². The third kappa shape index (κ3) is 5.02. The summed E-state index contributed by atoms with van der Waals surface area (Å²) in [5, 5.41) is 3.56. The molecule has 0 radical (unpaired) electrons. The molecule has 0 unspecified atom stereocenters. The van der Waals surface area contributed by atoms with Crippen LogP contribution in [0.5, 0.6) is 0 Å². The second-order valence-corrected chi connectivity index (χ2v) is 7.19. The number of ether oxygens (including phenoxy) is 1. The predicted molar refractivity (Wildman–Crippen MR) is 93.1 cm³/mol. The molecule has 1 aliphatic rings. The van der Waals surface area contributed by atoms with Crippen LogP contribution in [-0.2, 0) is 4.74 Å². The highest BCUT2D eigenvalue weighted by Crippen LogP contribution is 2.21. The van der Waals surface area contributed by atoms with Crippen molar-refractivity contribution < 1.29 is 9.53 Å². The Hall–Kier alpha value is -1.97. The molecule has 1 aromatic rings. The van der Waals surface area contributed by atoms with Gasteiger partial charge >= 0.3 is 6.09 Å². The lowest BCUT2D eigenvalue weighted by Crippen LogP contribution is -2.43. The third-order valence-electron chi connectivity index (χ3n) is 3.96. The number of hydrogen-bond acceptors (Lipinski definition) is 3. The smallest absolute Gasteiger partial charge is 0.410 e. The summed E-state index contributed by atoms with van der Waals surface area (Å²) in [6.45, 7) is 11.3. The number of rotatable bonds is 3. The number of nitrogens with zero attached hydrogens (tertiary/aromatic N) is 1. The maximum Gasteiger partial charge on any atom is 0.410 e. The van der Waals surface area contributed by atoms with Crippen molar-refractivity contribution in [3.63, 3.8) is 0 Å². The normalized spacial score (nSPS) is 17.0. The summed E-state index contributed by atoms with van der Waals surface area (Å²) in [6, 6.07) is 10.5. The first-order valence-corrected chi connectivity index (χ1v) is 8.24. The molecule has 1 aromatic carbocycles. The molecule has 0 saturated carbocycles. The van der Waals surface area contributed by atoms with Crippen LogP contribution >= 0.6 is 0 Å². The molecule has 0 spiro atoms. The summed E-state index contributed by atoms with van der Waals surface area (Å²) in [4.78, 5) is 14.1. The Morgan fingerprint density at radius 2 is 1.91 bits per heavy atom. The summed E-state index contributed by atoms with van der Waals surface area (Å²) in [6.07, 6.45) is 0.639. The Morgan fingerprint density at radius 3 is 2.52 bits per heavy atom. The zero-order chi connectivity index (χ0) is 17.0. The van der Waals surface area contributed by atoms with Gasteiger partial charge in [-0.1, -0.05) is 35.9 Å². The van der Waals surface area contributed by atoms with Crippen molar-refractivity contribution in [1.82, 2.24) is 10.2 Å². The Balaban J connectivity index is 2.02. The van der Waals surface area contributed by atoms with Crippen LogP contribution in [-0.4, -0.2) is 29.7 Å². The van der Waals surface area contributed by atoms with E-state index in [1.165, 1.54) is 11.1 Å². The van der Waals surface area contributed by atoms with E-state index < -0.39 is 5.60 Å². The topological polar surface area (TPSA) is 41.6 Å². The number of amides is 1. The van der Waals surface area contributed by atoms with E-state index in [1.54, 1.807) is 4.90 Å². The van der Waals surface area contributed by atoms with Crippen molar-refractivity contribution in [2.45, 2.75) is 52.7 Å². The van der Waals surface area contributed by atoms with Gasteiger partial charge in [-0.15, -0.1) is 0 Å². The Bertz CT molecular complexity index is 573. The van der Waals surface area contributed by atoms with E-state index in [0.29, 0.717) is 13.1 Å². The highest BCUT2D eigenvalue weighted by molar-refractivity contribution is 5.68. The number of carbonyl (C=O) groups excluding carboxylic acids is 1. The van der Waals surface area contributed by atoms with Crippen molar-refractivity contribution in [3.8, 4) is 0 Å². The monoisotopic (exact) mass is 316 g/mol. The lowest BCUT2D eigenvalue weighted by Gasteiger charge is -2.33. The summed E-state index contributed by atoms with van der Waals surface area (Å²) < 4.78 is 5.49. The SMILES string of the molecule is CC1=C(N[C@H](C)c2ccccc2)CN(C(=O)OC(C)(C)C)CC1. The van der Waals surface area contributed by atoms with Crippen molar-refractivity contribution in [2.24, 2.45) is 0 Å². The Morgan fingerprint density at radius 1 is 1.26 bits per heavy atom. The van der Waals surface area contributed by atoms with E-state index in [0.717, 1.165) is 12.1 Å². The molecule has 126 valence electrons. The molecule has 0 fully saturated rings. The average molecular weight is 316 g/mol. The molecule has 0 bridgehead atoms. The molecule has 2 rings (SSSR count). The second kappa shape index (κ2) is 7.07. The minimum Gasteiger partial charge on any atom is -0.444 e. The van der Waals surface area contributed by atoms with E-state index in [1.807, 2.05) is 39.0 Å². The highest BCUT2D eigenvalue weighted by Gasteiger charge is 2.26. The van der Waals surface area contributed by atoms with Crippen LogP contribution < -0.4 is 5.32 Å². The van der Waals surface area contributed by atoms with Crippen LogP contribution in [0.15, 0.2) is 41.6 Å². The lowest BCUT2D eigenvalue weighted by atomic mass is 10.0. The standard InChI is InChI=1S/C19H28N2O2/c1-14-11-12-21(18(22)23-19(3,4)5)13-17(14)20-15(2)16-9-7-6-8-10-16/h6-10,15,20H,11-13H2,1-5H3/t15-/m1/s1. The molecule has 23 heavy (non-hydrogen) atoms. The molecular weight excluding hydrogens is 288 g/mol. The Labute approximate surface area is 139 Å². The van der Waals surface area contributed by atoms with E-state index >= 15 is 0 Å². The third-order valence-corrected chi connectivity index (χ3v) is 3.96. The van der Waals surface area contributed by atoms with Crippen molar-refractivity contribution in [2.75, 3.05) is 13.1 Å². The van der Waals surface area contributed by atoms with Crippen LogP contribution in [0, 0.1) is 0 Å². The number of hydrogen-bond donors (Lipinski definition) is 1. The maximum atomic E-state index is 12.3. The van der Waals surface area contributed by atoms with Gasteiger partial charge in [-0.25, -0.2) is 4.79 Å². The van der Waals surface area contributed by atoms with Crippen molar-refractivity contribution >= 4 is 6.09 Å². The molecule has 0 aliphatic carbocycles. The number of carbonyl (C=O) groups is 1. The maximum absolute atomic E-state index is 12.3. The fraction of sp³-hybridized carbons (Fsp3) is 0.526. The molecule has 1 N–H and O–H groups in total. The van der Waals surface area contributed by atoms with Gasteiger partial charge in [0.1, 0.15) is 5.60 Å². The van der Waals surface area contributed by atoms with Crippen molar-refractivity contribution in [3.05, 3.63) is 47.2 Å². The molecule has 4 nitrogen and oxygen atoms in total. The molecule has 1 heterocycles. The number of benzene rings is 1. The van der Waals surface area contributed by atoms with Gasteiger partial charge in [0, 0.05) is 18.3 Å². The Kier molecular flexibility index (Phi) is 5.34. The van der Waals surface area contributed by atoms with Crippen LogP contribution in [0.4, 0.5) is 4.79 Å². The average Bonchev–Trinajstić information content (AvgIpc) is 2.48. The second-order valence-electron chi connectivity index (χ2n) is 7.19. The van der Waals surface area contributed by atoms with Gasteiger partial charge in [0.25, 0.3) is 0 Å². The largest absolute Gasteiger partial charge is 0.444 e. The molecule has 4 heteroatoms. The first-order chi connectivity index (χ1) is 10.8. The minimum absolute atomic E-state index is 0.208. The van der Waals surface area contributed by atoms with Crippen LogP contribution in [0.25, 0.3) is 0 Å². The summed E-state index contributed by atoms with van der Waals surface area (Å²) in [5.41, 5.74) is 3.21. The molecule has 1 atom stereocenters. The van der Waals surface area contributed by atoms with E-state index in [-0.39, 0.29) is 12.1 Å². The zero-order valence-corrected chi connectivity index (χ0v) is 14.8. The summed E-state index contributed by atoms with van der Waals surface area (Å²) in [7, 11) is 0. The van der Waals surface area contributed by atoms with Gasteiger partial charge in [-0.3, -0.25) is 0 Å². The van der Waals surface area contributed by atoms with Gasteiger partial charge in [0.05, 0.1) is 6.54 Å². The highest BCUT2D eigenvalue weighted by atomic mass is 16.6. The first-order valence-electron chi connectivity index (χ1n) is 8.24. The van der Waals surface area contributed by atoms with E-state index in [9.17, 15) is 4.79 Å². The van der Waals surface area contributed by atoms with Crippen molar-refractivity contribution in [1.29, 1.82) is 0 Å². The molecule has 1 amide bonds. The van der Waals surface area contributed by atoms with Gasteiger partial charge in [0.2, 0.25) is 0 Å². The van der Waals surface area contributed by atoms with Gasteiger partial charge in [-0.05, 0) is 46.6 Å². The van der Waals surface area contributed by atoms with Gasteiger partial charge < -0.3 is 15.0 Å². The minimum atomic E-state index is -0.460. The predicted octanol–water partition coefficient (Wildman–Crippen LogP) is 4.25. The lowest BCUT2D eigenvalue weighted by molar-refractivity contribution is 0.0255. The fourth-order valence-corrected chi connectivity index (χ4v) is 2.60. The number of nitrogens with one attached hydrogen (secondary N) is 1. The zero-order valence-electron chi connectivity index (χ0n) is 14.8. The molecule has 0 aromatic heterocycles. The van der Waals surface area contributed by atoms with E-state index in [2.05, 4.69) is 31.3 Å². The van der Waals surface area contributed by atoms with Crippen LogP contribution in [0.3, 0.4) is 0 Å². The quantitative estimate of drug-likeness (QED) is 0.906. The van der Waals surface area contributed by atoms with Crippen LogP contribution in [0.2, 0.25) is 0 Å². The summed E-state index contributed by atoms with van der Waals surface area (Å²) in [5.74, 6) is 0. The molecule has 0 saturated heterocycles. The fourth-order valence-electron chi connectivity index (χ4n) is 2.60. The van der Waals surface area contributed by atoms with E-state index in [4.69, 9.17) is 4.74 Å². The molecule has 1 aliphatic heterocycles. The van der Waals surface area contributed by atoms with Gasteiger partial charge in [-0.2, -0.15) is 0 Å². The first kappa shape index (κ1) is 17.4. The summed E-state index contributed by atoms with van der Waals surface area (Å²) >= 11 is 0.